The summed E-state index contributed by atoms with van der Waals surface area (Å²) in [6.07, 6.45) is 6.53. The second-order valence-corrected chi connectivity index (χ2v) is 7.51. The average molecular weight is 308 g/mol. The quantitative estimate of drug-likeness (QED) is 0.924. The van der Waals surface area contributed by atoms with Crippen LogP contribution in [0.3, 0.4) is 0 Å². The van der Waals surface area contributed by atoms with Gasteiger partial charge in [-0.2, -0.15) is 0 Å². The molecule has 0 aromatic carbocycles. The Morgan fingerprint density at radius 2 is 2.00 bits per heavy atom. The molecule has 114 valence electrons. The molecule has 1 N–H and O–H groups in total. The summed E-state index contributed by atoms with van der Waals surface area (Å²) in [5.74, 6) is 1.13. The first-order chi connectivity index (χ1) is 9.92. The van der Waals surface area contributed by atoms with Crippen molar-refractivity contribution in [2.24, 2.45) is 0 Å². The Morgan fingerprint density at radius 1 is 1.29 bits per heavy atom. The molecule has 21 heavy (non-hydrogen) atoms. The number of aryl methyl sites for hydroxylation is 1. The van der Waals surface area contributed by atoms with Crippen molar-refractivity contribution in [2.75, 3.05) is 24.2 Å². The monoisotopic (exact) mass is 308 g/mol. The second-order valence-electron chi connectivity index (χ2n) is 5.73. The Labute approximate surface area is 124 Å². The average Bonchev–Trinajstić information content (AvgIpc) is 2.85. The van der Waals surface area contributed by atoms with Crippen molar-refractivity contribution >= 4 is 21.4 Å². The van der Waals surface area contributed by atoms with Crippen LogP contribution in [0.25, 0.3) is 5.52 Å². The maximum Gasteiger partial charge on any atom is 0.208 e. The molecule has 1 aliphatic rings. The lowest BCUT2D eigenvalue weighted by Gasteiger charge is -2.34. The predicted octanol–water partition coefficient (Wildman–Crippen LogP) is 1.16. The summed E-state index contributed by atoms with van der Waals surface area (Å²) < 4.78 is 27.4. The number of sulfonamides is 1. The standard InChI is InChI=1S/C14H20N4O2S/c1-11-7-13-9-15-10-18(13)14(8-11)17-5-3-12(4-6-17)16-21(2,19)20/h7-10,12,16H,3-6H2,1-2H3. The molecule has 6 nitrogen and oxygen atoms in total. The number of pyridine rings is 1. The highest BCUT2D eigenvalue weighted by Gasteiger charge is 2.23. The number of rotatable bonds is 3. The Hall–Kier alpha value is -1.60. The van der Waals surface area contributed by atoms with Gasteiger partial charge in [0.05, 0.1) is 18.0 Å². The summed E-state index contributed by atoms with van der Waals surface area (Å²) in [6.45, 7) is 3.75. The first-order valence-electron chi connectivity index (χ1n) is 7.07. The normalized spacial score (nSPS) is 17.5. The topological polar surface area (TPSA) is 66.7 Å². The zero-order chi connectivity index (χ0) is 15.0. The maximum atomic E-state index is 11.3. The van der Waals surface area contributed by atoms with E-state index in [4.69, 9.17) is 0 Å². The molecular weight excluding hydrogens is 288 g/mol. The predicted molar refractivity (Wildman–Crippen MR) is 83.1 cm³/mol. The van der Waals surface area contributed by atoms with Crippen LogP contribution < -0.4 is 9.62 Å². The molecule has 3 rings (SSSR count). The van der Waals surface area contributed by atoms with Gasteiger partial charge in [0.1, 0.15) is 12.1 Å². The van der Waals surface area contributed by atoms with E-state index in [1.807, 2.05) is 12.5 Å². The molecule has 7 heteroatoms. The number of imidazole rings is 1. The maximum absolute atomic E-state index is 11.3. The molecule has 0 bridgehead atoms. The summed E-state index contributed by atoms with van der Waals surface area (Å²) in [7, 11) is -3.12. The molecule has 3 heterocycles. The van der Waals surface area contributed by atoms with Crippen molar-refractivity contribution in [3.05, 3.63) is 30.2 Å². The molecule has 1 saturated heterocycles. The van der Waals surface area contributed by atoms with E-state index in [2.05, 4.69) is 38.1 Å². The Balaban J connectivity index is 1.78. The number of aromatic nitrogens is 2. The highest BCUT2D eigenvalue weighted by molar-refractivity contribution is 7.88. The van der Waals surface area contributed by atoms with Crippen LogP contribution in [0, 0.1) is 6.92 Å². The van der Waals surface area contributed by atoms with Gasteiger partial charge in [0.15, 0.2) is 0 Å². The number of nitrogens with one attached hydrogen (secondary N) is 1. The zero-order valence-electron chi connectivity index (χ0n) is 12.3. The minimum Gasteiger partial charge on any atom is -0.358 e. The highest BCUT2D eigenvalue weighted by atomic mass is 32.2. The third kappa shape index (κ3) is 3.19. The zero-order valence-corrected chi connectivity index (χ0v) is 13.1. The summed E-state index contributed by atoms with van der Waals surface area (Å²) >= 11 is 0. The third-order valence-electron chi connectivity index (χ3n) is 3.85. The van der Waals surface area contributed by atoms with Gasteiger partial charge in [-0.05, 0) is 37.5 Å². The van der Waals surface area contributed by atoms with Crippen molar-refractivity contribution in [2.45, 2.75) is 25.8 Å². The number of piperidine rings is 1. The summed E-state index contributed by atoms with van der Waals surface area (Å²) in [6, 6.07) is 4.30. The van der Waals surface area contributed by atoms with E-state index in [1.165, 1.54) is 11.8 Å². The van der Waals surface area contributed by atoms with Crippen molar-refractivity contribution in [3.63, 3.8) is 0 Å². The minimum atomic E-state index is -3.12. The van der Waals surface area contributed by atoms with Crippen LogP contribution in [0.5, 0.6) is 0 Å². The lowest BCUT2D eigenvalue weighted by Crippen LogP contribution is -2.44. The van der Waals surface area contributed by atoms with Gasteiger partial charge in [0, 0.05) is 19.1 Å². The molecule has 0 unspecified atom stereocenters. The fraction of sp³-hybridized carbons (Fsp3) is 0.500. The first-order valence-corrected chi connectivity index (χ1v) is 8.96. The molecule has 1 aliphatic heterocycles. The van der Waals surface area contributed by atoms with E-state index in [-0.39, 0.29) is 6.04 Å². The van der Waals surface area contributed by atoms with Crippen LogP contribution in [0.15, 0.2) is 24.7 Å². The molecule has 0 spiro atoms. The van der Waals surface area contributed by atoms with Crippen LogP contribution in [0.1, 0.15) is 18.4 Å². The van der Waals surface area contributed by atoms with Gasteiger partial charge in [0.25, 0.3) is 0 Å². The van der Waals surface area contributed by atoms with Gasteiger partial charge in [-0.1, -0.05) is 0 Å². The second kappa shape index (κ2) is 5.31. The van der Waals surface area contributed by atoms with E-state index >= 15 is 0 Å². The SMILES string of the molecule is Cc1cc(N2CCC(NS(C)(=O)=O)CC2)n2cncc2c1. The van der Waals surface area contributed by atoms with E-state index in [0.717, 1.165) is 37.3 Å². The molecule has 0 aliphatic carbocycles. The first kappa shape index (κ1) is 14.3. The van der Waals surface area contributed by atoms with Crippen molar-refractivity contribution in [3.8, 4) is 0 Å². The molecule has 0 atom stereocenters. The number of nitrogens with zero attached hydrogens (tertiary/aromatic N) is 3. The van der Waals surface area contributed by atoms with Crippen LogP contribution in [0.2, 0.25) is 0 Å². The molecule has 0 saturated carbocycles. The van der Waals surface area contributed by atoms with Crippen LogP contribution in [-0.2, 0) is 10.0 Å². The van der Waals surface area contributed by atoms with Gasteiger partial charge in [-0.15, -0.1) is 0 Å². The Bertz CT molecular complexity index is 745. The van der Waals surface area contributed by atoms with Gasteiger partial charge in [-0.3, -0.25) is 4.40 Å². The van der Waals surface area contributed by atoms with Crippen LogP contribution in [0.4, 0.5) is 5.82 Å². The lowest BCUT2D eigenvalue weighted by molar-refractivity contribution is 0.459. The van der Waals surface area contributed by atoms with E-state index in [1.54, 1.807) is 0 Å². The van der Waals surface area contributed by atoms with Gasteiger partial charge >= 0.3 is 0 Å². The van der Waals surface area contributed by atoms with Crippen LogP contribution >= 0.6 is 0 Å². The molecule has 0 amide bonds. The third-order valence-corrected chi connectivity index (χ3v) is 4.61. The van der Waals surface area contributed by atoms with Crippen LogP contribution in [-0.4, -0.2) is 43.2 Å². The van der Waals surface area contributed by atoms with Gasteiger partial charge < -0.3 is 4.90 Å². The van der Waals surface area contributed by atoms with Crippen molar-refractivity contribution < 1.29 is 8.42 Å². The van der Waals surface area contributed by atoms with E-state index in [9.17, 15) is 8.42 Å². The Kier molecular flexibility index (Phi) is 3.62. The highest BCUT2D eigenvalue weighted by Crippen LogP contribution is 2.23. The smallest absolute Gasteiger partial charge is 0.208 e. The molecule has 1 fully saturated rings. The van der Waals surface area contributed by atoms with Gasteiger partial charge in [0.2, 0.25) is 10.0 Å². The fourth-order valence-corrected chi connectivity index (χ4v) is 3.77. The molecule has 0 radical (unpaired) electrons. The van der Waals surface area contributed by atoms with E-state index < -0.39 is 10.0 Å². The number of fused-ring (bicyclic) bond motifs is 1. The summed E-state index contributed by atoms with van der Waals surface area (Å²) in [4.78, 5) is 6.50. The number of anilines is 1. The number of hydrogen-bond donors (Lipinski definition) is 1. The summed E-state index contributed by atoms with van der Waals surface area (Å²) in [5.41, 5.74) is 2.29. The van der Waals surface area contributed by atoms with Crippen molar-refractivity contribution in [1.82, 2.24) is 14.1 Å². The number of hydrogen-bond acceptors (Lipinski definition) is 4. The Morgan fingerprint density at radius 3 is 2.67 bits per heavy atom. The largest absolute Gasteiger partial charge is 0.358 e. The fourth-order valence-electron chi connectivity index (χ4n) is 2.92. The van der Waals surface area contributed by atoms with Crippen molar-refractivity contribution in [1.29, 1.82) is 0 Å². The minimum absolute atomic E-state index is 0.0411. The molecular formula is C14H20N4O2S. The van der Waals surface area contributed by atoms with Gasteiger partial charge in [-0.25, -0.2) is 18.1 Å². The van der Waals surface area contributed by atoms with E-state index in [0.29, 0.717) is 0 Å². The molecule has 2 aromatic rings. The summed E-state index contributed by atoms with van der Waals surface area (Å²) in [5, 5.41) is 0. The lowest BCUT2D eigenvalue weighted by atomic mass is 10.1. The molecule has 2 aromatic heterocycles.